The van der Waals surface area contributed by atoms with Gasteiger partial charge in [0.15, 0.2) is 17.5 Å². The Hall–Kier alpha value is -4.29. The van der Waals surface area contributed by atoms with Gasteiger partial charge < -0.3 is 43.6 Å². The SMILES string of the molecule is CC(C)C1CCCC23OC45C(=CC12)CC1CCCC12CC1CC6(C)C7(c8ccoc8CC(C(O)CO)C8CCC9C(C=CN%10CNCC9%10)C8)CC#CC8CCC(Cc9ccccc9)CC8C8(C(O)C(=O)C3C4(COC(=O)C25)C18)C61OC1C(=O)O7. The number of benzene rings is 1. The molecule has 8 saturated carbocycles. The number of ketones is 1. The minimum atomic E-state index is -1.55. The number of carbonyl (C=O) groups is 3. The maximum Gasteiger partial charge on any atom is 0.339 e. The number of ether oxygens (including phenoxy) is 4. The van der Waals surface area contributed by atoms with E-state index in [9.17, 15) is 15.3 Å². The zero-order valence-electron chi connectivity index (χ0n) is 49.4. The van der Waals surface area contributed by atoms with Crippen LogP contribution in [0.4, 0.5) is 0 Å². The Labute approximate surface area is 494 Å². The van der Waals surface area contributed by atoms with Gasteiger partial charge in [-0.1, -0.05) is 87.9 Å². The molecule has 6 spiro atoms. The van der Waals surface area contributed by atoms with Crippen molar-refractivity contribution in [3.8, 4) is 11.8 Å². The molecule has 0 amide bonds. The molecule has 13 heteroatoms. The Morgan fingerprint density at radius 2 is 1.81 bits per heavy atom. The lowest BCUT2D eigenvalue weighted by Crippen LogP contribution is -2.84. The van der Waals surface area contributed by atoms with Crippen LogP contribution in [-0.2, 0) is 51.8 Å². The summed E-state index contributed by atoms with van der Waals surface area (Å²) in [7, 11) is 0. The molecule has 2 aromatic rings. The van der Waals surface area contributed by atoms with E-state index < -0.39 is 92.7 Å². The Bertz CT molecular complexity index is 3270. The van der Waals surface area contributed by atoms with Crippen molar-refractivity contribution < 1.29 is 53.1 Å². The summed E-state index contributed by atoms with van der Waals surface area (Å²) < 4.78 is 37.4. The molecule has 18 rings (SSSR count). The topological polar surface area (TPSA) is 181 Å². The quantitative estimate of drug-likeness (QED) is 0.0812. The number of cyclic esters (lactones) is 1. The third-order valence-electron chi connectivity index (χ3n) is 28.9. The number of Topliss-reactive ketones (excluding diaryl/α,β-unsaturated/α-hetero) is 1. The van der Waals surface area contributed by atoms with E-state index in [1.54, 1.807) is 6.26 Å². The first-order chi connectivity index (χ1) is 40.7. The molecular weight excluding hydrogens is 1060 g/mol. The molecule has 9 aliphatic carbocycles. The van der Waals surface area contributed by atoms with E-state index in [0.29, 0.717) is 67.2 Å². The summed E-state index contributed by atoms with van der Waals surface area (Å²) in [6.07, 6.45) is 19.3. The Morgan fingerprint density at radius 1 is 0.952 bits per heavy atom. The summed E-state index contributed by atoms with van der Waals surface area (Å²) in [5, 5.41) is 41.5. The molecule has 5 saturated heterocycles. The van der Waals surface area contributed by atoms with Crippen molar-refractivity contribution in [2.24, 2.45) is 110 Å². The molecular formula is C71H86N2O11. The van der Waals surface area contributed by atoms with Crippen LogP contribution in [0.25, 0.3) is 0 Å². The van der Waals surface area contributed by atoms with Crippen LogP contribution in [-0.4, -0.2) is 106 Å². The highest BCUT2D eigenvalue weighted by atomic mass is 16.7. The van der Waals surface area contributed by atoms with Gasteiger partial charge in [-0.2, -0.15) is 0 Å². The maximum atomic E-state index is 17.6. The second-order valence-corrected chi connectivity index (χ2v) is 31.4. The van der Waals surface area contributed by atoms with E-state index in [4.69, 9.17) is 23.4 Å². The van der Waals surface area contributed by atoms with Crippen LogP contribution >= 0.6 is 0 Å². The zero-order chi connectivity index (χ0) is 56.9. The van der Waals surface area contributed by atoms with Gasteiger partial charge in [-0.25, -0.2) is 4.79 Å². The Kier molecular flexibility index (Phi) is 11.0. The van der Waals surface area contributed by atoms with Crippen molar-refractivity contribution in [2.75, 3.05) is 26.4 Å². The molecule has 84 heavy (non-hydrogen) atoms. The summed E-state index contributed by atoms with van der Waals surface area (Å²) >= 11 is 0. The monoisotopic (exact) mass is 1140 g/mol. The fraction of sp³-hybridized carbons (Fsp3) is 0.732. The van der Waals surface area contributed by atoms with Crippen molar-refractivity contribution in [3.05, 3.63) is 83.5 Å². The van der Waals surface area contributed by atoms with Crippen LogP contribution in [0.15, 0.2) is 71.0 Å². The molecule has 13 fully saturated rings. The molecule has 8 heterocycles. The van der Waals surface area contributed by atoms with Crippen molar-refractivity contribution in [1.82, 2.24) is 10.2 Å². The van der Waals surface area contributed by atoms with Crippen LogP contribution in [0.2, 0.25) is 0 Å². The second kappa shape index (κ2) is 17.5. The normalized spacial score (nSPS) is 52.2. The lowest BCUT2D eigenvalue weighted by molar-refractivity contribution is -0.315. The summed E-state index contributed by atoms with van der Waals surface area (Å²) in [5.74, 6) is 6.33. The first-order valence-corrected chi connectivity index (χ1v) is 33.4. The predicted molar refractivity (Wildman–Crippen MR) is 306 cm³/mol. The number of furan rings is 1. The average molecular weight is 1140 g/mol. The number of fused-ring (bicyclic) bond motifs is 4. The van der Waals surface area contributed by atoms with E-state index in [1.807, 2.05) is 6.07 Å². The smallest absolute Gasteiger partial charge is 0.339 e. The van der Waals surface area contributed by atoms with Gasteiger partial charge in [-0.05, 0) is 184 Å². The predicted octanol–water partition coefficient (Wildman–Crippen LogP) is 8.62. The zero-order valence-corrected chi connectivity index (χ0v) is 49.4. The van der Waals surface area contributed by atoms with E-state index in [1.165, 1.54) is 11.1 Å². The van der Waals surface area contributed by atoms with Crippen LogP contribution in [0.1, 0.15) is 140 Å². The van der Waals surface area contributed by atoms with Gasteiger partial charge in [0, 0.05) is 47.2 Å². The fourth-order valence-electron chi connectivity index (χ4n) is 26.5. The van der Waals surface area contributed by atoms with Crippen molar-refractivity contribution >= 4 is 17.7 Å². The molecule has 446 valence electrons. The number of allylic oxidation sites excluding steroid dienone is 1. The number of hydrogen-bond acceptors (Lipinski definition) is 13. The molecule has 26 unspecified atom stereocenters. The lowest BCUT2D eigenvalue weighted by atomic mass is 9.28. The average Bonchev–Trinajstić information content (AvgIpc) is 1.40. The molecule has 26 atom stereocenters. The number of nitrogens with one attached hydrogen (secondary N) is 1. The maximum absolute atomic E-state index is 17.6. The molecule has 1 aromatic carbocycles. The van der Waals surface area contributed by atoms with Crippen molar-refractivity contribution in [1.29, 1.82) is 0 Å². The third-order valence-corrected chi connectivity index (χ3v) is 28.9. The van der Waals surface area contributed by atoms with Crippen LogP contribution in [0, 0.1) is 122 Å². The number of rotatable bonds is 9. The first kappa shape index (κ1) is 52.8. The van der Waals surface area contributed by atoms with E-state index in [-0.39, 0.29) is 78.0 Å². The van der Waals surface area contributed by atoms with Crippen LogP contribution < -0.4 is 5.32 Å². The standard InChI is InChI=1S/C71H86N2O11/c1-38(2)47-14-9-22-67-52(47)30-46-29-45-13-8-21-65(45)33-44-32-64(3)68(50-20-25-80-55(50)31-49(54(75)35-74)42-17-18-48-43(28-42)19-24-73-37-72-34-53(48)73)23-7-12-41-16-15-40(26-39-10-5-4-6-11-39)27-51(41)69(71(64)61(82-71)63(79)83-68)57(44)66(58(67)56(76)60(69)77)36-81-62(78)59(65)70(46,66)84-67/h4-6,10-11,19-20,24-25,30,38,40-45,47-49,51-54,57-61,72,74-75,77H,8-9,13-18,21-23,26-29,31-37H2,1-3H3. The molecule has 16 aliphatic rings. The van der Waals surface area contributed by atoms with Crippen molar-refractivity contribution in [2.45, 2.75) is 183 Å². The number of carbonyl (C=O) groups excluding carboxylic acids is 3. The van der Waals surface area contributed by atoms with Gasteiger partial charge in [-0.3, -0.25) is 14.9 Å². The highest BCUT2D eigenvalue weighted by Gasteiger charge is 3.00. The van der Waals surface area contributed by atoms with Gasteiger partial charge in [0.1, 0.15) is 29.7 Å². The van der Waals surface area contributed by atoms with Gasteiger partial charge in [0.25, 0.3) is 0 Å². The molecule has 4 N–H and O–H groups in total. The van der Waals surface area contributed by atoms with Crippen molar-refractivity contribution in [3.63, 3.8) is 0 Å². The number of nitrogens with zero attached hydrogens (tertiary/aromatic N) is 1. The van der Waals surface area contributed by atoms with Crippen LogP contribution in [0.3, 0.4) is 0 Å². The first-order valence-electron chi connectivity index (χ1n) is 33.4. The number of esters is 2. The van der Waals surface area contributed by atoms with E-state index in [0.717, 1.165) is 90.3 Å². The van der Waals surface area contributed by atoms with Gasteiger partial charge >= 0.3 is 11.9 Å². The van der Waals surface area contributed by atoms with E-state index in [2.05, 4.69) is 91.5 Å². The largest absolute Gasteiger partial charge is 0.469 e. The molecule has 13 nitrogen and oxygen atoms in total. The molecule has 0 radical (unpaired) electrons. The lowest BCUT2D eigenvalue weighted by Gasteiger charge is -2.74. The molecule has 7 aliphatic heterocycles. The Balaban J connectivity index is 0.863. The Morgan fingerprint density at radius 3 is 2.65 bits per heavy atom. The molecule has 1 aromatic heterocycles. The van der Waals surface area contributed by atoms with Gasteiger partial charge in [0.05, 0.1) is 54.9 Å². The number of aliphatic hydroxyl groups is 3. The number of hydrogen-bond donors (Lipinski definition) is 4. The minimum Gasteiger partial charge on any atom is -0.469 e. The summed E-state index contributed by atoms with van der Waals surface area (Å²) in [6.45, 7) is 8.40. The summed E-state index contributed by atoms with van der Waals surface area (Å²) in [4.78, 5) is 51.8. The third kappa shape index (κ3) is 5.93. The highest BCUT2D eigenvalue weighted by molar-refractivity contribution is 5.94. The summed E-state index contributed by atoms with van der Waals surface area (Å²) in [5.41, 5.74) is -5.91. The minimum absolute atomic E-state index is 0.0334. The fourth-order valence-corrected chi connectivity index (χ4v) is 26.5. The highest BCUT2D eigenvalue weighted by Crippen LogP contribution is 2.91. The van der Waals surface area contributed by atoms with E-state index >= 15 is 14.4 Å². The number of aliphatic hydroxyl groups excluding tert-OH is 3. The second-order valence-electron chi connectivity index (χ2n) is 31.4. The van der Waals surface area contributed by atoms with Gasteiger partial charge in [0.2, 0.25) is 0 Å². The molecule has 9 bridgehead atoms. The van der Waals surface area contributed by atoms with Gasteiger partial charge in [-0.15, -0.1) is 0 Å². The summed E-state index contributed by atoms with van der Waals surface area (Å²) in [6, 6.07) is 13.1. The number of epoxide rings is 1. The van der Waals surface area contributed by atoms with Crippen LogP contribution in [0.5, 0.6) is 0 Å².